The lowest BCUT2D eigenvalue weighted by Crippen LogP contribution is -2.34. The van der Waals surface area contributed by atoms with E-state index < -0.39 is 11.4 Å². The van der Waals surface area contributed by atoms with Crippen molar-refractivity contribution in [1.29, 1.82) is 0 Å². The van der Waals surface area contributed by atoms with Gasteiger partial charge in [0.05, 0.1) is 11.6 Å². The van der Waals surface area contributed by atoms with Crippen LogP contribution in [0.4, 0.5) is 0 Å². The molecule has 6 heteroatoms. The molecular weight excluding hydrogens is 320 g/mol. The maximum absolute atomic E-state index is 12.3. The van der Waals surface area contributed by atoms with E-state index in [0.717, 1.165) is 11.3 Å². The number of aromatic nitrogens is 1. The topological polar surface area (TPSA) is 88.5 Å². The Balaban J connectivity index is 1.58. The Bertz CT molecular complexity index is 782. The zero-order chi connectivity index (χ0) is 17.9. The van der Waals surface area contributed by atoms with Crippen molar-refractivity contribution in [2.24, 2.45) is 5.41 Å². The summed E-state index contributed by atoms with van der Waals surface area (Å²) in [4.78, 5) is 27.6. The number of carbonyl (C=O) groups excluding carboxylic acids is 1. The summed E-state index contributed by atoms with van der Waals surface area (Å²) in [5, 5.41) is 11.9. The van der Waals surface area contributed by atoms with Gasteiger partial charge in [0.25, 0.3) is 5.91 Å². The van der Waals surface area contributed by atoms with Gasteiger partial charge in [-0.25, -0.2) is 0 Å². The van der Waals surface area contributed by atoms with E-state index in [1.807, 2.05) is 25.1 Å². The highest BCUT2D eigenvalue weighted by atomic mass is 16.5. The summed E-state index contributed by atoms with van der Waals surface area (Å²) in [6.45, 7) is 2.39. The van der Waals surface area contributed by atoms with Crippen LogP contribution in [-0.4, -0.2) is 28.5 Å². The predicted molar refractivity (Wildman–Crippen MR) is 91.4 cm³/mol. The zero-order valence-corrected chi connectivity index (χ0v) is 14.0. The van der Waals surface area contributed by atoms with Crippen LogP contribution in [-0.2, 0) is 11.4 Å². The third-order valence-electron chi connectivity index (χ3n) is 4.37. The zero-order valence-electron chi connectivity index (χ0n) is 14.0. The second-order valence-electron chi connectivity index (χ2n) is 6.39. The van der Waals surface area contributed by atoms with Crippen LogP contribution in [0.5, 0.6) is 5.75 Å². The van der Waals surface area contributed by atoms with Crippen molar-refractivity contribution in [3.8, 4) is 5.75 Å². The summed E-state index contributed by atoms with van der Waals surface area (Å²) in [5.74, 6) is -0.453. The number of carboxylic acid groups (broad SMARTS) is 1. The highest BCUT2D eigenvalue weighted by Crippen LogP contribution is 2.45. The molecule has 1 aliphatic rings. The molecule has 3 rings (SSSR count). The number of aliphatic carboxylic acids is 1. The lowest BCUT2D eigenvalue weighted by Gasteiger charge is -2.12. The second kappa shape index (κ2) is 6.93. The molecular formula is C19H20N2O4. The molecule has 0 unspecified atom stereocenters. The highest BCUT2D eigenvalue weighted by molar-refractivity contribution is 5.94. The Kier molecular flexibility index (Phi) is 4.70. The molecule has 1 aromatic heterocycles. The molecule has 1 fully saturated rings. The van der Waals surface area contributed by atoms with Crippen molar-refractivity contribution >= 4 is 11.9 Å². The van der Waals surface area contributed by atoms with Gasteiger partial charge in [-0.05, 0) is 49.6 Å². The fourth-order valence-corrected chi connectivity index (χ4v) is 2.48. The summed E-state index contributed by atoms with van der Waals surface area (Å²) in [6.07, 6.45) is 2.88. The number of aryl methyl sites for hydroxylation is 1. The van der Waals surface area contributed by atoms with E-state index in [-0.39, 0.29) is 12.5 Å². The third-order valence-corrected chi connectivity index (χ3v) is 4.37. The minimum Gasteiger partial charge on any atom is -0.487 e. The van der Waals surface area contributed by atoms with Crippen molar-refractivity contribution < 1.29 is 19.4 Å². The molecule has 0 saturated heterocycles. The normalized spacial score (nSPS) is 14.6. The van der Waals surface area contributed by atoms with Crippen LogP contribution in [0.3, 0.4) is 0 Å². The maximum Gasteiger partial charge on any atom is 0.311 e. The van der Waals surface area contributed by atoms with Gasteiger partial charge in [0.1, 0.15) is 12.4 Å². The second-order valence-corrected chi connectivity index (χ2v) is 6.39. The average molecular weight is 340 g/mol. The van der Waals surface area contributed by atoms with E-state index in [2.05, 4.69) is 10.3 Å². The number of amides is 1. The number of rotatable bonds is 7. The van der Waals surface area contributed by atoms with E-state index in [4.69, 9.17) is 9.84 Å². The molecule has 0 spiro atoms. The van der Waals surface area contributed by atoms with Gasteiger partial charge < -0.3 is 15.2 Å². The summed E-state index contributed by atoms with van der Waals surface area (Å²) < 4.78 is 5.67. The van der Waals surface area contributed by atoms with Gasteiger partial charge >= 0.3 is 5.97 Å². The Morgan fingerprint density at radius 1 is 1.28 bits per heavy atom. The monoisotopic (exact) mass is 340 g/mol. The molecule has 1 aromatic carbocycles. The first-order valence-corrected chi connectivity index (χ1v) is 8.14. The predicted octanol–water partition coefficient (Wildman–Crippen LogP) is 2.56. The van der Waals surface area contributed by atoms with Gasteiger partial charge in [-0.1, -0.05) is 12.1 Å². The van der Waals surface area contributed by atoms with E-state index in [9.17, 15) is 9.59 Å². The van der Waals surface area contributed by atoms with Gasteiger partial charge in [-0.2, -0.15) is 0 Å². The molecule has 2 N–H and O–H groups in total. The first-order chi connectivity index (χ1) is 12.0. The third kappa shape index (κ3) is 4.15. The first kappa shape index (κ1) is 17.0. The smallest absolute Gasteiger partial charge is 0.311 e. The van der Waals surface area contributed by atoms with E-state index in [1.54, 1.807) is 24.4 Å². The lowest BCUT2D eigenvalue weighted by molar-refractivity contribution is -0.143. The standard InChI is InChI=1S/C19H20N2O4/c1-13-5-6-16(10-20-13)25-11-14-3-2-4-15(9-14)17(22)21-12-19(7-8-19)18(23)24/h2-6,9-10H,7-8,11-12H2,1H3,(H,21,22)(H,23,24). The molecule has 1 heterocycles. The molecule has 130 valence electrons. The van der Waals surface area contributed by atoms with Crippen LogP contribution in [0, 0.1) is 12.3 Å². The van der Waals surface area contributed by atoms with Crippen LogP contribution in [0.25, 0.3) is 0 Å². The molecule has 1 aliphatic carbocycles. The number of hydrogen-bond acceptors (Lipinski definition) is 4. The molecule has 25 heavy (non-hydrogen) atoms. The van der Waals surface area contributed by atoms with Crippen LogP contribution >= 0.6 is 0 Å². The molecule has 6 nitrogen and oxygen atoms in total. The number of nitrogens with zero attached hydrogens (tertiary/aromatic N) is 1. The summed E-state index contributed by atoms with van der Waals surface area (Å²) in [6, 6.07) is 10.8. The molecule has 1 amide bonds. The van der Waals surface area contributed by atoms with Crippen molar-refractivity contribution in [3.05, 3.63) is 59.4 Å². The Hall–Kier alpha value is -2.89. The maximum atomic E-state index is 12.3. The number of ether oxygens (including phenoxy) is 1. The largest absolute Gasteiger partial charge is 0.487 e. The van der Waals surface area contributed by atoms with Gasteiger partial charge in [-0.3, -0.25) is 14.6 Å². The number of nitrogens with one attached hydrogen (secondary N) is 1. The van der Waals surface area contributed by atoms with E-state index in [0.29, 0.717) is 30.8 Å². The van der Waals surface area contributed by atoms with Crippen molar-refractivity contribution in [3.63, 3.8) is 0 Å². The van der Waals surface area contributed by atoms with Crippen molar-refractivity contribution in [2.45, 2.75) is 26.4 Å². The molecule has 0 bridgehead atoms. The van der Waals surface area contributed by atoms with Crippen molar-refractivity contribution in [2.75, 3.05) is 6.54 Å². The van der Waals surface area contributed by atoms with Gasteiger partial charge in [-0.15, -0.1) is 0 Å². The fourth-order valence-electron chi connectivity index (χ4n) is 2.48. The quantitative estimate of drug-likeness (QED) is 0.809. The average Bonchev–Trinajstić information content (AvgIpc) is 3.41. The minimum absolute atomic E-state index is 0.164. The Labute approximate surface area is 145 Å². The van der Waals surface area contributed by atoms with Crippen LogP contribution in [0.15, 0.2) is 42.6 Å². The molecule has 0 atom stereocenters. The van der Waals surface area contributed by atoms with E-state index in [1.165, 1.54) is 0 Å². The van der Waals surface area contributed by atoms with Crippen LogP contribution in [0.1, 0.15) is 34.5 Å². The summed E-state index contributed by atoms with van der Waals surface area (Å²) >= 11 is 0. The van der Waals surface area contributed by atoms with Crippen LogP contribution in [0.2, 0.25) is 0 Å². The SMILES string of the molecule is Cc1ccc(OCc2cccc(C(=O)NCC3(C(=O)O)CC3)c2)cn1. The minimum atomic E-state index is -0.846. The molecule has 1 saturated carbocycles. The number of carboxylic acids is 1. The highest BCUT2D eigenvalue weighted by Gasteiger charge is 2.50. The molecule has 0 aliphatic heterocycles. The van der Waals surface area contributed by atoms with E-state index >= 15 is 0 Å². The van der Waals surface area contributed by atoms with Gasteiger partial charge in [0.15, 0.2) is 0 Å². The molecule has 2 aromatic rings. The van der Waals surface area contributed by atoms with Crippen LogP contribution < -0.4 is 10.1 Å². The number of benzene rings is 1. The van der Waals surface area contributed by atoms with Gasteiger partial charge in [0.2, 0.25) is 0 Å². The first-order valence-electron chi connectivity index (χ1n) is 8.14. The van der Waals surface area contributed by atoms with Crippen molar-refractivity contribution in [1.82, 2.24) is 10.3 Å². The number of hydrogen-bond donors (Lipinski definition) is 2. The lowest BCUT2D eigenvalue weighted by atomic mass is 10.1. The number of pyridine rings is 1. The number of carbonyl (C=O) groups is 2. The summed E-state index contributed by atoms with van der Waals surface area (Å²) in [7, 11) is 0. The molecule has 0 radical (unpaired) electrons. The van der Waals surface area contributed by atoms with Gasteiger partial charge in [0, 0.05) is 17.8 Å². The summed E-state index contributed by atoms with van der Waals surface area (Å²) in [5.41, 5.74) is 1.49. The Morgan fingerprint density at radius 2 is 2.08 bits per heavy atom. The fraction of sp³-hybridized carbons (Fsp3) is 0.316. The Morgan fingerprint density at radius 3 is 2.72 bits per heavy atom.